The van der Waals surface area contributed by atoms with Gasteiger partial charge in [0, 0.05) is 0 Å². The monoisotopic (exact) mass is 543 g/mol. The highest BCUT2D eigenvalue weighted by Gasteiger charge is 2.42. The maximum atomic E-state index is 16.1. The molecule has 0 spiro atoms. The smallest absolute Gasteiger partial charge is 0.201 e. The largest absolute Gasteiger partial charge is 0.507 e. The summed E-state index contributed by atoms with van der Waals surface area (Å²) in [5.74, 6) is -6.59. The number of aryl methyl sites for hydroxylation is 1. The second-order valence-corrected chi connectivity index (χ2v) is 9.67. The Balaban J connectivity index is 1.83. The van der Waals surface area contributed by atoms with Crippen molar-refractivity contribution in [3.8, 4) is 17.2 Å². The van der Waals surface area contributed by atoms with Gasteiger partial charge in [-0.1, -0.05) is 62.8 Å². The lowest BCUT2D eigenvalue weighted by atomic mass is 9.82. The lowest BCUT2D eigenvalue weighted by molar-refractivity contribution is 0.0966. The Bertz CT molecular complexity index is 1400. The van der Waals surface area contributed by atoms with Gasteiger partial charge in [-0.3, -0.25) is 9.59 Å². The van der Waals surface area contributed by atoms with E-state index in [4.69, 9.17) is 16.3 Å². The fourth-order valence-corrected chi connectivity index (χ4v) is 4.87. The number of carbonyl (C=O) groups excluding carboxylic acids is 2. The van der Waals surface area contributed by atoms with E-state index in [1.807, 2.05) is 0 Å². The van der Waals surface area contributed by atoms with Gasteiger partial charge in [-0.15, -0.1) is 0 Å². The van der Waals surface area contributed by atoms with Crippen molar-refractivity contribution in [2.75, 3.05) is 11.9 Å². The Hall–Kier alpha value is -3.65. The van der Waals surface area contributed by atoms with Crippen LogP contribution in [0.25, 0.3) is 0 Å². The van der Waals surface area contributed by atoms with Crippen LogP contribution in [0.2, 0.25) is 5.02 Å². The molecule has 0 saturated carbocycles. The molecule has 0 saturated heterocycles. The summed E-state index contributed by atoms with van der Waals surface area (Å²) in [5, 5.41) is 23.5. The zero-order valence-electron chi connectivity index (χ0n) is 21.1. The van der Waals surface area contributed by atoms with Crippen molar-refractivity contribution in [1.29, 1.82) is 0 Å². The van der Waals surface area contributed by atoms with Crippen LogP contribution in [0.3, 0.4) is 0 Å². The predicted molar refractivity (Wildman–Crippen MR) is 141 cm³/mol. The molecule has 0 fully saturated rings. The zero-order valence-corrected chi connectivity index (χ0v) is 21.8. The van der Waals surface area contributed by atoms with Gasteiger partial charge in [0.2, 0.25) is 11.6 Å². The van der Waals surface area contributed by atoms with Crippen LogP contribution in [0, 0.1) is 18.6 Å². The fourth-order valence-electron chi connectivity index (χ4n) is 4.60. The van der Waals surface area contributed by atoms with Gasteiger partial charge in [0.1, 0.15) is 17.2 Å². The maximum absolute atomic E-state index is 16.1. The topological polar surface area (TPSA) is 95.9 Å². The first-order valence-corrected chi connectivity index (χ1v) is 12.9. The molecule has 6 nitrogen and oxygen atoms in total. The van der Waals surface area contributed by atoms with Gasteiger partial charge in [-0.05, 0) is 37.1 Å². The minimum atomic E-state index is -1.24. The molecule has 0 amide bonds. The van der Waals surface area contributed by atoms with Gasteiger partial charge in [0.15, 0.2) is 17.4 Å². The number of halogens is 3. The number of benzene rings is 3. The van der Waals surface area contributed by atoms with E-state index in [9.17, 15) is 19.8 Å². The van der Waals surface area contributed by atoms with Gasteiger partial charge >= 0.3 is 0 Å². The SMILES string of the molecule is CCCCCCCCOc1c(F)c2c(c(F)c1Nc1c(C)cccc1Cl)C(=O)c1c(O)ccc(O)c1C2=O. The highest BCUT2D eigenvalue weighted by atomic mass is 35.5. The molecule has 1 aliphatic carbocycles. The van der Waals surface area contributed by atoms with E-state index in [0.29, 0.717) is 12.0 Å². The Morgan fingerprint density at radius 3 is 2.00 bits per heavy atom. The van der Waals surface area contributed by atoms with Gasteiger partial charge in [-0.25, -0.2) is 8.78 Å². The van der Waals surface area contributed by atoms with Crippen LogP contribution in [0.5, 0.6) is 17.2 Å². The number of ketones is 2. The third kappa shape index (κ3) is 4.92. The molecule has 0 heterocycles. The van der Waals surface area contributed by atoms with E-state index < -0.39 is 68.4 Å². The predicted octanol–water partition coefficient (Wildman–Crippen LogP) is 7.60. The number of carbonyl (C=O) groups is 2. The molecule has 0 unspecified atom stereocenters. The summed E-state index contributed by atoms with van der Waals surface area (Å²) < 4.78 is 37.9. The molecular weight excluding hydrogens is 516 g/mol. The van der Waals surface area contributed by atoms with E-state index in [-0.39, 0.29) is 17.3 Å². The number of para-hydroxylation sites is 1. The molecule has 0 aromatic heterocycles. The molecule has 0 aliphatic heterocycles. The van der Waals surface area contributed by atoms with Gasteiger partial charge in [0.25, 0.3) is 0 Å². The second kappa shape index (κ2) is 11.4. The molecular formula is C29H28ClF2NO5. The van der Waals surface area contributed by atoms with Gasteiger partial charge in [0.05, 0.1) is 39.6 Å². The average molecular weight is 544 g/mol. The van der Waals surface area contributed by atoms with Crippen LogP contribution in [0.15, 0.2) is 30.3 Å². The highest BCUT2D eigenvalue weighted by molar-refractivity contribution is 6.33. The Morgan fingerprint density at radius 2 is 1.39 bits per heavy atom. The van der Waals surface area contributed by atoms with Gasteiger partial charge < -0.3 is 20.3 Å². The molecule has 4 rings (SSSR count). The van der Waals surface area contributed by atoms with Crippen LogP contribution in [0.4, 0.5) is 20.2 Å². The molecule has 9 heteroatoms. The molecule has 3 aromatic rings. The first-order valence-electron chi connectivity index (χ1n) is 12.5. The number of hydrogen-bond donors (Lipinski definition) is 3. The van der Waals surface area contributed by atoms with Crippen LogP contribution in [-0.2, 0) is 0 Å². The van der Waals surface area contributed by atoms with Crippen LogP contribution in [-0.4, -0.2) is 28.4 Å². The number of unbranched alkanes of at least 4 members (excludes halogenated alkanes) is 5. The van der Waals surface area contributed by atoms with E-state index in [1.54, 1.807) is 25.1 Å². The molecule has 1 aliphatic rings. The van der Waals surface area contributed by atoms with Gasteiger partial charge in [-0.2, -0.15) is 0 Å². The van der Waals surface area contributed by atoms with Crippen LogP contribution in [0.1, 0.15) is 82.9 Å². The van der Waals surface area contributed by atoms with Crippen molar-refractivity contribution >= 4 is 34.5 Å². The summed E-state index contributed by atoms with van der Waals surface area (Å²) >= 11 is 6.31. The first-order chi connectivity index (χ1) is 18.2. The normalized spacial score (nSPS) is 12.3. The summed E-state index contributed by atoms with van der Waals surface area (Å²) in [6, 6.07) is 6.97. The second-order valence-electron chi connectivity index (χ2n) is 9.27. The minimum Gasteiger partial charge on any atom is -0.507 e. The first kappa shape index (κ1) is 27.4. The lowest BCUT2D eigenvalue weighted by Crippen LogP contribution is -2.25. The molecule has 200 valence electrons. The van der Waals surface area contributed by atoms with Crippen molar-refractivity contribution in [3.63, 3.8) is 0 Å². The third-order valence-electron chi connectivity index (χ3n) is 6.62. The highest BCUT2D eigenvalue weighted by Crippen LogP contribution is 2.46. The molecule has 0 bridgehead atoms. The molecule has 3 aromatic carbocycles. The third-order valence-corrected chi connectivity index (χ3v) is 6.94. The number of hydrogen-bond acceptors (Lipinski definition) is 6. The number of fused-ring (bicyclic) bond motifs is 2. The quantitative estimate of drug-likeness (QED) is 0.141. The number of anilines is 2. The maximum Gasteiger partial charge on any atom is 0.201 e. The number of phenolic OH excluding ortho intramolecular Hbond substituents is 2. The Morgan fingerprint density at radius 1 is 0.816 bits per heavy atom. The number of rotatable bonds is 10. The van der Waals surface area contributed by atoms with E-state index in [2.05, 4.69) is 12.2 Å². The molecule has 0 radical (unpaired) electrons. The van der Waals surface area contributed by atoms with Crippen molar-refractivity contribution in [3.05, 3.63) is 74.8 Å². The van der Waals surface area contributed by atoms with Crippen LogP contribution < -0.4 is 10.1 Å². The number of nitrogens with one attached hydrogen (secondary N) is 1. The Labute approximate surface area is 224 Å². The van der Waals surface area contributed by atoms with Crippen LogP contribution >= 0.6 is 11.6 Å². The minimum absolute atomic E-state index is 0.0439. The lowest BCUT2D eigenvalue weighted by Gasteiger charge is -2.24. The van der Waals surface area contributed by atoms with Crippen molar-refractivity contribution in [2.24, 2.45) is 0 Å². The Kier molecular flexibility index (Phi) is 8.21. The molecule has 0 atom stereocenters. The number of phenols is 2. The number of ether oxygens (including phenoxy) is 1. The fraction of sp³-hybridized carbons (Fsp3) is 0.310. The summed E-state index contributed by atoms with van der Waals surface area (Å²) in [5.41, 5.74) is -2.51. The summed E-state index contributed by atoms with van der Waals surface area (Å²) in [6.07, 6.45) is 5.61. The van der Waals surface area contributed by atoms with E-state index in [1.165, 1.54) is 0 Å². The standard InChI is InChI=1S/C29H28ClF2NO5/c1-3-4-5-6-7-8-14-38-29-24(32)22-21(23(31)26(29)33-25-15(2)10-9-11-16(25)30)27(36)19-17(34)12-13-18(35)20(19)28(22)37/h9-13,33-35H,3-8,14H2,1-2H3. The van der Waals surface area contributed by atoms with Crippen molar-refractivity contribution in [2.45, 2.75) is 52.4 Å². The average Bonchev–Trinajstić information content (AvgIpc) is 2.88. The zero-order chi connectivity index (χ0) is 27.6. The number of aromatic hydroxyl groups is 2. The van der Waals surface area contributed by atoms with E-state index in [0.717, 1.165) is 44.2 Å². The summed E-state index contributed by atoms with van der Waals surface area (Å²) in [7, 11) is 0. The van der Waals surface area contributed by atoms with Crippen molar-refractivity contribution in [1.82, 2.24) is 0 Å². The van der Waals surface area contributed by atoms with E-state index >= 15 is 8.78 Å². The molecule has 38 heavy (non-hydrogen) atoms. The molecule has 3 N–H and O–H groups in total. The summed E-state index contributed by atoms with van der Waals surface area (Å²) in [6.45, 7) is 3.86. The van der Waals surface area contributed by atoms with Crippen molar-refractivity contribution < 1.29 is 33.3 Å². The summed E-state index contributed by atoms with van der Waals surface area (Å²) in [4.78, 5) is 26.6.